The Morgan fingerprint density at radius 3 is 2.27 bits per heavy atom. The maximum atomic E-state index is 12.0. The van der Waals surface area contributed by atoms with E-state index in [1.807, 2.05) is 18.7 Å². The van der Waals surface area contributed by atoms with Crippen LogP contribution in [0.15, 0.2) is 24.3 Å². The van der Waals surface area contributed by atoms with Gasteiger partial charge in [-0.3, -0.25) is 0 Å². The number of benzene rings is 1. The summed E-state index contributed by atoms with van der Waals surface area (Å²) < 4.78 is 24.7. The lowest BCUT2D eigenvalue weighted by Gasteiger charge is -2.32. The largest absolute Gasteiger partial charge is 0.336 e. The SMILES string of the molecule is CC(C)NC(=O)N1CCC(Cc2ccc(CCNS(C)(=O)=O)cc2)CC1. The highest BCUT2D eigenvalue weighted by molar-refractivity contribution is 7.88. The fourth-order valence-corrected chi connectivity index (χ4v) is 3.71. The van der Waals surface area contributed by atoms with Gasteiger partial charge in [-0.05, 0) is 56.6 Å². The van der Waals surface area contributed by atoms with Gasteiger partial charge in [-0.25, -0.2) is 17.9 Å². The second-order valence-corrected chi connectivity index (χ2v) is 9.30. The minimum Gasteiger partial charge on any atom is -0.336 e. The average molecular weight is 382 g/mol. The number of carbonyl (C=O) groups is 1. The van der Waals surface area contributed by atoms with E-state index in [0.29, 0.717) is 18.9 Å². The van der Waals surface area contributed by atoms with E-state index < -0.39 is 10.0 Å². The molecule has 0 radical (unpaired) electrons. The maximum Gasteiger partial charge on any atom is 0.317 e. The Balaban J connectivity index is 1.75. The molecule has 0 aromatic heterocycles. The fraction of sp³-hybridized carbons (Fsp3) is 0.632. The van der Waals surface area contributed by atoms with Crippen LogP contribution in [0.25, 0.3) is 0 Å². The number of likely N-dealkylation sites (tertiary alicyclic amines) is 1. The van der Waals surface area contributed by atoms with Gasteiger partial charge in [0.15, 0.2) is 0 Å². The van der Waals surface area contributed by atoms with E-state index in [1.165, 1.54) is 11.8 Å². The van der Waals surface area contributed by atoms with Gasteiger partial charge in [-0.2, -0.15) is 0 Å². The second-order valence-electron chi connectivity index (χ2n) is 7.47. The zero-order valence-electron chi connectivity index (χ0n) is 16.0. The van der Waals surface area contributed by atoms with Crippen LogP contribution in [-0.4, -0.2) is 51.3 Å². The molecule has 1 saturated heterocycles. The van der Waals surface area contributed by atoms with E-state index >= 15 is 0 Å². The predicted octanol–water partition coefficient (Wildman–Crippen LogP) is 2.15. The zero-order valence-corrected chi connectivity index (χ0v) is 16.8. The highest BCUT2D eigenvalue weighted by Crippen LogP contribution is 2.22. The lowest BCUT2D eigenvalue weighted by molar-refractivity contribution is 0.168. The third-order valence-corrected chi connectivity index (χ3v) is 5.37. The van der Waals surface area contributed by atoms with Crippen LogP contribution in [0.4, 0.5) is 4.79 Å². The van der Waals surface area contributed by atoms with Gasteiger partial charge >= 0.3 is 6.03 Å². The van der Waals surface area contributed by atoms with Crippen molar-refractivity contribution in [3.63, 3.8) is 0 Å². The first-order valence-corrected chi connectivity index (χ1v) is 11.2. The summed E-state index contributed by atoms with van der Waals surface area (Å²) in [6, 6.07) is 8.63. The molecular formula is C19H31N3O3S. The number of amides is 2. The third kappa shape index (κ3) is 7.33. The number of piperidine rings is 1. The molecular weight excluding hydrogens is 350 g/mol. The Morgan fingerprint density at radius 2 is 1.73 bits per heavy atom. The van der Waals surface area contributed by atoms with Crippen molar-refractivity contribution in [1.29, 1.82) is 0 Å². The molecule has 7 heteroatoms. The lowest BCUT2D eigenvalue weighted by Crippen LogP contribution is -2.46. The van der Waals surface area contributed by atoms with E-state index in [0.717, 1.165) is 37.9 Å². The fourth-order valence-electron chi connectivity index (χ4n) is 3.23. The molecule has 0 atom stereocenters. The molecule has 1 fully saturated rings. The van der Waals surface area contributed by atoms with Crippen LogP contribution in [0.5, 0.6) is 0 Å². The molecule has 1 aliphatic rings. The third-order valence-electron chi connectivity index (χ3n) is 4.64. The van der Waals surface area contributed by atoms with Crippen LogP contribution >= 0.6 is 0 Å². The summed E-state index contributed by atoms with van der Waals surface area (Å²) in [4.78, 5) is 13.9. The molecule has 0 bridgehead atoms. The highest BCUT2D eigenvalue weighted by atomic mass is 32.2. The number of carbonyl (C=O) groups excluding carboxylic acids is 1. The summed E-state index contributed by atoms with van der Waals surface area (Å²) in [5, 5.41) is 2.95. The van der Waals surface area contributed by atoms with Crippen LogP contribution < -0.4 is 10.0 Å². The summed E-state index contributed by atoms with van der Waals surface area (Å²) in [6.07, 6.45) is 4.96. The van der Waals surface area contributed by atoms with E-state index in [1.54, 1.807) is 0 Å². The number of hydrogen-bond donors (Lipinski definition) is 2. The monoisotopic (exact) mass is 381 g/mol. The van der Waals surface area contributed by atoms with Gasteiger partial charge in [0, 0.05) is 25.7 Å². The number of nitrogens with one attached hydrogen (secondary N) is 2. The summed E-state index contributed by atoms with van der Waals surface area (Å²) >= 11 is 0. The van der Waals surface area contributed by atoms with Crippen molar-refractivity contribution < 1.29 is 13.2 Å². The molecule has 2 N–H and O–H groups in total. The van der Waals surface area contributed by atoms with Crippen molar-refractivity contribution in [2.24, 2.45) is 5.92 Å². The molecule has 2 amide bonds. The molecule has 6 nitrogen and oxygen atoms in total. The number of nitrogens with zero attached hydrogens (tertiary/aromatic N) is 1. The Hall–Kier alpha value is -1.60. The van der Waals surface area contributed by atoms with E-state index in [4.69, 9.17) is 0 Å². The van der Waals surface area contributed by atoms with Gasteiger partial charge in [0.25, 0.3) is 0 Å². The molecule has 2 rings (SSSR count). The minimum atomic E-state index is -3.12. The summed E-state index contributed by atoms with van der Waals surface area (Å²) in [6.45, 7) is 6.02. The van der Waals surface area contributed by atoms with Crippen LogP contribution in [-0.2, 0) is 22.9 Å². The van der Waals surface area contributed by atoms with E-state index in [-0.39, 0.29) is 12.1 Å². The maximum absolute atomic E-state index is 12.0. The Labute approximate surface area is 157 Å². The van der Waals surface area contributed by atoms with Crippen LogP contribution in [0.2, 0.25) is 0 Å². The van der Waals surface area contributed by atoms with E-state index in [9.17, 15) is 13.2 Å². The summed E-state index contributed by atoms with van der Waals surface area (Å²) in [7, 11) is -3.12. The van der Waals surface area contributed by atoms with Crippen molar-refractivity contribution in [3.8, 4) is 0 Å². The molecule has 0 saturated carbocycles. The lowest BCUT2D eigenvalue weighted by atomic mass is 9.90. The first-order valence-electron chi connectivity index (χ1n) is 9.31. The smallest absolute Gasteiger partial charge is 0.317 e. The van der Waals surface area contributed by atoms with Crippen LogP contribution in [0.3, 0.4) is 0 Å². The van der Waals surface area contributed by atoms with Crippen LogP contribution in [0, 0.1) is 5.92 Å². The topological polar surface area (TPSA) is 78.5 Å². The number of hydrogen-bond acceptors (Lipinski definition) is 3. The molecule has 0 aliphatic carbocycles. The van der Waals surface area contributed by atoms with Gasteiger partial charge < -0.3 is 10.2 Å². The molecule has 1 aromatic rings. The van der Waals surface area contributed by atoms with Crippen molar-refractivity contribution >= 4 is 16.1 Å². The molecule has 0 spiro atoms. The molecule has 1 aromatic carbocycles. The normalized spacial score (nSPS) is 16.1. The quantitative estimate of drug-likeness (QED) is 0.760. The zero-order chi connectivity index (χ0) is 19.2. The number of rotatable bonds is 7. The molecule has 146 valence electrons. The minimum absolute atomic E-state index is 0.0468. The summed E-state index contributed by atoms with van der Waals surface area (Å²) in [5.74, 6) is 0.607. The van der Waals surface area contributed by atoms with Gasteiger partial charge in [-0.1, -0.05) is 24.3 Å². The number of urea groups is 1. The van der Waals surface area contributed by atoms with Gasteiger partial charge in [0.2, 0.25) is 10.0 Å². The Kier molecular flexibility index (Phi) is 7.46. The molecule has 0 unspecified atom stereocenters. The second kappa shape index (κ2) is 9.37. The van der Waals surface area contributed by atoms with Crippen molar-refractivity contribution in [1.82, 2.24) is 14.9 Å². The predicted molar refractivity (Wildman–Crippen MR) is 105 cm³/mol. The molecule has 1 aliphatic heterocycles. The molecule has 1 heterocycles. The standard InChI is InChI=1S/C19H31N3O3S/c1-15(2)21-19(23)22-12-9-18(10-13-22)14-17-6-4-16(5-7-17)8-11-20-26(3,24)25/h4-7,15,18,20H,8-14H2,1-3H3,(H,21,23). The molecule has 26 heavy (non-hydrogen) atoms. The Morgan fingerprint density at radius 1 is 1.15 bits per heavy atom. The highest BCUT2D eigenvalue weighted by Gasteiger charge is 2.23. The number of sulfonamides is 1. The Bertz CT molecular complexity index is 678. The van der Waals surface area contributed by atoms with Crippen LogP contribution in [0.1, 0.15) is 37.8 Å². The van der Waals surface area contributed by atoms with E-state index in [2.05, 4.69) is 34.3 Å². The van der Waals surface area contributed by atoms with Crippen molar-refractivity contribution in [2.45, 2.75) is 45.6 Å². The summed E-state index contributed by atoms with van der Waals surface area (Å²) in [5.41, 5.74) is 2.43. The van der Waals surface area contributed by atoms with Gasteiger partial charge in [0.1, 0.15) is 0 Å². The first-order chi connectivity index (χ1) is 12.2. The first kappa shape index (κ1) is 20.7. The average Bonchev–Trinajstić information content (AvgIpc) is 2.55. The van der Waals surface area contributed by atoms with Gasteiger partial charge in [0.05, 0.1) is 6.26 Å². The van der Waals surface area contributed by atoms with Crippen molar-refractivity contribution in [2.75, 3.05) is 25.9 Å². The van der Waals surface area contributed by atoms with Gasteiger partial charge in [-0.15, -0.1) is 0 Å². The van der Waals surface area contributed by atoms with Crippen molar-refractivity contribution in [3.05, 3.63) is 35.4 Å².